The van der Waals surface area contributed by atoms with Gasteiger partial charge in [-0.25, -0.2) is 0 Å². The number of carbonyl (C=O) groups is 1. The molecule has 0 saturated heterocycles. The second kappa shape index (κ2) is 6.71. The highest BCUT2D eigenvalue weighted by Crippen LogP contribution is 2.24. The SMILES string of the molecule is CCC(C(=O)Nc1ccc(Br)c(C)c1)c1ccccc1. The van der Waals surface area contributed by atoms with Gasteiger partial charge >= 0.3 is 0 Å². The molecular formula is C17H18BrNO. The van der Waals surface area contributed by atoms with Crippen molar-refractivity contribution in [1.29, 1.82) is 0 Å². The van der Waals surface area contributed by atoms with Gasteiger partial charge in [0.15, 0.2) is 0 Å². The van der Waals surface area contributed by atoms with Crippen molar-refractivity contribution in [1.82, 2.24) is 0 Å². The monoisotopic (exact) mass is 331 g/mol. The van der Waals surface area contributed by atoms with Crippen LogP contribution in [-0.2, 0) is 4.79 Å². The maximum atomic E-state index is 12.4. The lowest BCUT2D eigenvalue weighted by Crippen LogP contribution is -2.20. The van der Waals surface area contributed by atoms with Crippen molar-refractivity contribution in [2.24, 2.45) is 0 Å². The largest absolute Gasteiger partial charge is 0.326 e. The maximum Gasteiger partial charge on any atom is 0.231 e. The normalized spacial score (nSPS) is 11.9. The number of rotatable bonds is 4. The summed E-state index contributed by atoms with van der Waals surface area (Å²) >= 11 is 3.46. The Morgan fingerprint density at radius 1 is 1.20 bits per heavy atom. The zero-order valence-corrected chi connectivity index (χ0v) is 13.3. The highest BCUT2D eigenvalue weighted by atomic mass is 79.9. The number of benzene rings is 2. The highest BCUT2D eigenvalue weighted by molar-refractivity contribution is 9.10. The number of amides is 1. The van der Waals surface area contributed by atoms with E-state index in [-0.39, 0.29) is 11.8 Å². The number of carbonyl (C=O) groups excluding carboxylic acids is 1. The van der Waals surface area contributed by atoms with Crippen LogP contribution in [0.5, 0.6) is 0 Å². The van der Waals surface area contributed by atoms with E-state index in [1.54, 1.807) is 0 Å². The molecule has 3 heteroatoms. The Hall–Kier alpha value is -1.61. The Kier molecular flexibility index (Phi) is 4.96. The molecule has 0 saturated carbocycles. The van der Waals surface area contributed by atoms with E-state index < -0.39 is 0 Å². The third kappa shape index (κ3) is 3.48. The maximum absolute atomic E-state index is 12.4. The molecule has 0 aliphatic heterocycles. The van der Waals surface area contributed by atoms with Crippen LogP contribution in [0.3, 0.4) is 0 Å². The Balaban J connectivity index is 2.15. The lowest BCUT2D eigenvalue weighted by atomic mass is 9.95. The van der Waals surface area contributed by atoms with E-state index in [1.807, 2.05) is 62.4 Å². The van der Waals surface area contributed by atoms with E-state index in [2.05, 4.69) is 21.2 Å². The lowest BCUT2D eigenvalue weighted by Gasteiger charge is -2.16. The molecule has 1 amide bonds. The summed E-state index contributed by atoms with van der Waals surface area (Å²) in [7, 11) is 0. The minimum absolute atomic E-state index is 0.0421. The van der Waals surface area contributed by atoms with Gasteiger partial charge in [0.1, 0.15) is 0 Å². The molecule has 1 N–H and O–H groups in total. The second-order valence-corrected chi connectivity index (χ2v) is 5.68. The van der Waals surface area contributed by atoms with Gasteiger partial charge in [-0.2, -0.15) is 0 Å². The topological polar surface area (TPSA) is 29.1 Å². The molecule has 2 aromatic rings. The van der Waals surface area contributed by atoms with E-state index in [9.17, 15) is 4.79 Å². The van der Waals surface area contributed by atoms with Gasteiger partial charge in [-0.15, -0.1) is 0 Å². The van der Waals surface area contributed by atoms with Crippen LogP contribution < -0.4 is 5.32 Å². The van der Waals surface area contributed by atoms with Gasteiger partial charge in [0.25, 0.3) is 0 Å². The number of anilines is 1. The summed E-state index contributed by atoms with van der Waals surface area (Å²) in [6, 6.07) is 15.7. The molecule has 0 heterocycles. The number of aryl methyl sites for hydroxylation is 1. The predicted octanol–water partition coefficient (Wildman–Crippen LogP) is 4.89. The zero-order chi connectivity index (χ0) is 14.5. The minimum atomic E-state index is -0.111. The number of halogens is 1. The van der Waals surface area contributed by atoms with Crippen LogP contribution in [0, 0.1) is 6.92 Å². The molecule has 1 atom stereocenters. The van der Waals surface area contributed by atoms with E-state index in [4.69, 9.17) is 0 Å². The molecule has 104 valence electrons. The first kappa shape index (κ1) is 14.8. The zero-order valence-electron chi connectivity index (χ0n) is 11.7. The summed E-state index contributed by atoms with van der Waals surface area (Å²) in [5.74, 6) is -0.0689. The molecule has 2 nitrogen and oxygen atoms in total. The summed E-state index contributed by atoms with van der Waals surface area (Å²) in [5.41, 5.74) is 3.00. The predicted molar refractivity (Wildman–Crippen MR) is 87.0 cm³/mol. The quantitative estimate of drug-likeness (QED) is 0.849. The highest BCUT2D eigenvalue weighted by Gasteiger charge is 2.18. The van der Waals surface area contributed by atoms with E-state index in [0.29, 0.717) is 0 Å². The van der Waals surface area contributed by atoms with Crippen LogP contribution in [0.2, 0.25) is 0 Å². The fraction of sp³-hybridized carbons (Fsp3) is 0.235. The minimum Gasteiger partial charge on any atom is -0.326 e. The third-order valence-electron chi connectivity index (χ3n) is 3.35. The molecule has 0 radical (unpaired) electrons. The van der Waals surface area contributed by atoms with Crippen molar-refractivity contribution in [3.05, 3.63) is 64.1 Å². The molecule has 0 fully saturated rings. The van der Waals surface area contributed by atoms with Crippen molar-refractivity contribution in [3.8, 4) is 0 Å². The fourth-order valence-corrected chi connectivity index (χ4v) is 2.46. The Morgan fingerprint density at radius 2 is 1.90 bits per heavy atom. The smallest absolute Gasteiger partial charge is 0.231 e. The Bertz CT molecular complexity index is 595. The molecular weight excluding hydrogens is 314 g/mol. The summed E-state index contributed by atoms with van der Waals surface area (Å²) in [6.45, 7) is 4.04. The molecule has 0 aromatic heterocycles. The average molecular weight is 332 g/mol. The van der Waals surface area contributed by atoms with Gasteiger partial charge in [-0.1, -0.05) is 53.2 Å². The molecule has 2 aromatic carbocycles. The van der Waals surface area contributed by atoms with Gasteiger partial charge in [-0.05, 0) is 42.7 Å². The van der Waals surface area contributed by atoms with Crippen LogP contribution in [-0.4, -0.2) is 5.91 Å². The number of hydrogen-bond acceptors (Lipinski definition) is 1. The first-order valence-corrected chi connectivity index (χ1v) is 7.53. The van der Waals surface area contributed by atoms with Crippen molar-refractivity contribution in [3.63, 3.8) is 0 Å². The van der Waals surface area contributed by atoms with E-state index >= 15 is 0 Å². The van der Waals surface area contributed by atoms with Gasteiger partial charge in [-0.3, -0.25) is 4.79 Å². The first-order valence-electron chi connectivity index (χ1n) is 6.73. The molecule has 0 spiro atoms. The average Bonchev–Trinajstić information content (AvgIpc) is 2.45. The summed E-state index contributed by atoms with van der Waals surface area (Å²) in [5, 5.41) is 3.00. The Labute approximate surface area is 128 Å². The summed E-state index contributed by atoms with van der Waals surface area (Å²) in [6.07, 6.45) is 0.783. The van der Waals surface area contributed by atoms with Gasteiger partial charge in [0.05, 0.1) is 5.92 Å². The number of nitrogens with one attached hydrogen (secondary N) is 1. The molecule has 0 bridgehead atoms. The molecule has 0 aliphatic carbocycles. The lowest BCUT2D eigenvalue weighted by molar-refractivity contribution is -0.117. The fourth-order valence-electron chi connectivity index (χ4n) is 2.21. The van der Waals surface area contributed by atoms with Crippen LogP contribution in [0.1, 0.15) is 30.4 Å². The first-order chi connectivity index (χ1) is 9.61. The molecule has 0 aliphatic rings. The van der Waals surface area contributed by atoms with Crippen LogP contribution in [0.15, 0.2) is 53.0 Å². The van der Waals surface area contributed by atoms with Crippen molar-refractivity contribution in [2.45, 2.75) is 26.2 Å². The van der Waals surface area contributed by atoms with Crippen molar-refractivity contribution < 1.29 is 4.79 Å². The van der Waals surface area contributed by atoms with Gasteiger partial charge < -0.3 is 5.32 Å². The molecule has 1 unspecified atom stereocenters. The van der Waals surface area contributed by atoms with Gasteiger partial charge in [0.2, 0.25) is 5.91 Å². The molecule has 20 heavy (non-hydrogen) atoms. The van der Waals surface area contributed by atoms with E-state index in [0.717, 1.165) is 27.7 Å². The summed E-state index contributed by atoms with van der Waals surface area (Å²) in [4.78, 5) is 12.4. The van der Waals surface area contributed by atoms with Crippen LogP contribution in [0.4, 0.5) is 5.69 Å². The van der Waals surface area contributed by atoms with Crippen molar-refractivity contribution in [2.75, 3.05) is 5.32 Å². The third-order valence-corrected chi connectivity index (χ3v) is 4.24. The standard InChI is InChI=1S/C17H18BrNO/c1-3-15(13-7-5-4-6-8-13)17(20)19-14-9-10-16(18)12(2)11-14/h4-11,15H,3H2,1-2H3,(H,19,20). The van der Waals surface area contributed by atoms with Crippen LogP contribution in [0.25, 0.3) is 0 Å². The van der Waals surface area contributed by atoms with Crippen LogP contribution >= 0.6 is 15.9 Å². The summed E-state index contributed by atoms with van der Waals surface area (Å²) < 4.78 is 1.05. The van der Waals surface area contributed by atoms with E-state index in [1.165, 1.54) is 0 Å². The Morgan fingerprint density at radius 3 is 2.50 bits per heavy atom. The van der Waals surface area contributed by atoms with Gasteiger partial charge in [0, 0.05) is 10.2 Å². The second-order valence-electron chi connectivity index (χ2n) is 4.82. The number of hydrogen-bond donors (Lipinski definition) is 1. The van der Waals surface area contributed by atoms with Crippen molar-refractivity contribution >= 4 is 27.5 Å². The molecule has 2 rings (SSSR count).